The number of anilines is 1. The van der Waals surface area contributed by atoms with Crippen LogP contribution in [0.15, 0.2) is 12.1 Å². The Morgan fingerprint density at radius 1 is 1.47 bits per heavy atom. The first-order valence-electron chi connectivity index (χ1n) is 6.16. The van der Waals surface area contributed by atoms with Gasteiger partial charge >= 0.3 is 0 Å². The number of rotatable bonds is 2. The number of aromatic nitrogens is 1. The van der Waals surface area contributed by atoms with E-state index in [1.807, 2.05) is 19.1 Å². The highest BCUT2D eigenvalue weighted by atomic mass is 15.0. The quantitative estimate of drug-likeness (QED) is 0.846. The summed E-state index contributed by atoms with van der Waals surface area (Å²) in [5.74, 6) is 0.835. The molecule has 1 aromatic heterocycles. The van der Waals surface area contributed by atoms with Gasteiger partial charge in [-0.2, -0.15) is 5.26 Å². The van der Waals surface area contributed by atoms with E-state index in [-0.39, 0.29) is 0 Å². The van der Waals surface area contributed by atoms with E-state index in [1.165, 1.54) is 19.3 Å². The van der Waals surface area contributed by atoms with Crippen molar-refractivity contribution in [3.05, 3.63) is 23.4 Å². The Kier molecular flexibility index (Phi) is 3.06. The minimum Gasteiger partial charge on any atom is -0.367 e. The van der Waals surface area contributed by atoms with E-state index in [0.717, 1.165) is 11.5 Å². The van der Waals surface area contributed by atoms with Crippen molar-refractivity contribution in [2.24, 2.45) is 5.41 Å². The average molecular weight is 229 g/mol. The molecule has 0 spiro atoms. The van der Waals surface area contributed by atoms with Crippen molar-refractivity contribution in [3.63, 3.8) is 0 Å². The minimum atomic E-state index is 0.318. The van der Waals surface area contributed by atoms with Crippen LogP contribution in [0, 0.1) is 23.7 Å². The summed E-state index contributed by atoms with van der Waals surface area (Å²) >= 11 is 0. The zero-order valence-electron chi connectivity index (χ0n) is 10.7. The number of nitrogens with zero attached hydrogens (tertiary/aromatic N) is 2. The third-order valence-corrected chi connectivity index (χ3v) is 3.66. The molecule has 1 aromatic rings. The van der Waals surface area contributed by atoms with Crippen molar-refractivity contribution in [3.8, 4) is 6.07 Å². The van der Waals surface area contributed by atoms with E-state index in [9.17, 15) is 0 Å². The van der Waals surface area contributed by atoms with Gasteiger partial charge in [-0.05, 0) is 37.3 Å². The van der Waals surface area contributed by atoms with Crippen LogP contribution in [-0.2, 0) is 0 Å². The first-order valence-corrected chi connectivity index (χ1v) is 6.16. The van der Waals surface area contributed by atoms with Gasteiger partial charge in [-0.25, -0.2) is 4.98 Å². The van der Waals surface area contributed by atoms with Crippen molar-refractivity contribution in [1.29, 1.82) is 5.26 Å². The molecule has 90 valence electrons. The van der Waals surface area contributed by atoms with Gasteiger partial charge in [0.1, 0.15) is 5.82 Å². The van der Waals surface area contributed by atoms with Crippen molar-refractivity contribution in [2.75, 3.05) is 5.32 Å². The fourth-order valence-electron chi connectivity index (χ4n) is 2.58. The van der Waals surface area contributed by atoms with Crippen molar-refractivity contribution in [2.45, 2.75) is 46.1 Å². The van der Waals surface area contributed by atoms with Crippen LogP contribution in [0.5, 0.6) is 0 Å². The van der Waals surface area contributed by atoms with Gasteiger partial charge in [0.15, 0.2) is 0 Å². The summed E-state index contributed by atoms with van der Waals surface area (Å²) in [4.78, 5) is 4.45. The number of pyridine rings is 1. The van der Waals surface area contributed by atoms with Gasteiger partial charge in [0.05, 0.1) is 11.6 Å². The van der Waals surface area contributed by atoms with Crippen LogP contribution >= 0.6 is 0 Å². The van der Waals surface area contributed by atoms with Gasteiger partial charge in [-0.15, -0.1) is 0 Å². The van der Waals surface area contributed by atoms with Gasteiger partial charge in [-0.1, -0.05) is 20.3 Å². The molecule has 17 heavy (non-hydrogen) atoms. The highest BCUT2D eigenvalue weighted by molar-refractivity contribution is 5.45. The third kappa shape index (κ3) is 2.58. The monoisotopic (exact) mass is 229 g/mol. The number of aryl methyl sites for hydroxylation is 1. The molecular formula is C14H19N3. The fourth-order valence-corrected chi connectivity index (χ4v) is 2.58. The predicted octanol–water partition coefficient (Wildman–Crippen LogP) is 3.25. The molecule has 0 saturated heterocycles. The molecule has 0 aliphatic heterocycles. The van der Waals surface area contributed by atoms with Gasteiger partial charge in [0.2, 0.25) is 0 Å². The van der Waals surface area contributed by atoms with Crippen LogP contribution < -0.4 is 5.32 Å². The molecule has 1 saturated carbocycles. The molecule has 1 unspecified atom stereocenters. The summed E-state index contributed by atoms with van der Waals surface area (Å²) in [6.07, 6.45) is 3.70. The van der Waals surface area contributed by atoms with Crippen LogP contribution in [-0.4, -0.2) is 11.0 Å². The summed E-state index contributed by atoms with van der Waals surface area (Å²) < 4.78 is 0. The summed E-state index contributed by atoms with van der Waals surface area (Å²) in [5.41, 5.74) is 1.89. The molecule has 1 fully saturated rings. The third-order valence-electron chi connectivity index (χ3n) is 3.66. The topological polar surface area (TPSA) is 48.7 Å². The molecule has 1 aliphatic carbocycles. The van der Waals surface area contributed by atoms with Crippen LogP contribution in [0.4, 0.5) is 5.82 Å². The Balaban J connectivity index is 2.19. The molecule has 0 bridgehead atoms. The van der Waals surface area contributed by atoms with Gasteiger partial charge < -0.3 is 5.32 Å². The molecule has 3 nitrogen and oxygen atoms in total. The number of hydrogen-bond acceptors (Lipinski definition) is 3. The van der Waals surface area contributed by atoms with Crippen molar-refractivity contribution < 1.29 is 0 Å². The molecule has 0 radical (unpaired) electrons. The fraction of sp³-hybridized carbons (Fsp3) is 0.571. The molecule has 0 aromatic carbocycles. The molecular weight excluding hydrogens is 210 g/mol. The number of nitriles is 1. The first-order chi connectivity index (χ1) is 8.01. The van der Waals surface area contributed by atoms with E-state index in [4.69, 9.17) is 5.26 Å². The smallest absolute Gasteiger partial charge is 0.127 e. The largest absolute Gasteiger partial charge is 0.367 e. The Morgan fingerprint density at radius 2 is 2.24 bits per heavy atom. The SMILES string of the molecule is Cc1cc(C#N)cc(NC2CCCC2(C)C)n1. The highest BCUT2D eigenvalue weighted by Crippen LogP contribution is 2.38. The van der Waals surface area contributed by atoms with E-state index in [1.54, 1.807) is 0 Å². The standard InChI is InChI=1S/C14H19N3/c1-10-7-11(9-15)8-13(16-10)17-12-5-4-6-14(12,2)3/h7-8,12H,4-6H2,1-3H3,(H,16,17). The lowest BCUT2D eigenvalue weighted by Gasteiger charge is -2.28. The first kappa shape index (κ1) is 11.9. The van der Waals surface area contributed by atoms with E-state index >= 15 is 0 Å². The minimum absolute atomic E-state index is 0.318. The second-order valence-electron chi connectivity index (χ2n) is 5.57. The maximum atomic E-state index is 8.94. The van der Waals surface area contributed by atoms with E-state index < -0.39 is 0 Å². The summed E-state index contributed by atoms with van der Waals surface area (Å²) in [6.45, 7) is 6.50. The molecule has 1 aliphatic rings. The molecule has 2 rings (SSSR count). The van der Waals surface area contributed by atoms with Crippen molar-refractivity contribution >= 4 is 5.82 Å². The Labute approximate surface area is 103 Å². The molecule has 1 atom stereocenters. The average Bonchev–Trinajstić information content (AvgIpc) is 2.57. The van der Waals surface area contributed by atoms with Crippen LogP contribution in [0.3, 0.4) is 0 Å². The van der Waals surface area contributed by atoms with E-state index in [2.05, 4.69) is 30.2 Å². The lowest BCUT2D eigenvalue weighted by atomic mass is 9.87. The molecule has 0 amide bonds. The molecule has 1 N–H and O–H groups in total. The highest BCUT2D eigenvalue weighted by Gasteiger charge is 2.34. The second-order valence-corrected chi connectivity index (χ2v) is 5.57. The van der Waals surface area contributed by atoms with Crippen LogP contribution in [0.2, 0.25) is 0 Å². The van der Waals surface area contributed by atoms with Crippen LogP contribution in [0.25, 0.3) is 0 Å². The van der Waals surface area contributed by atoms with E-state index in [0.29, 0.717) is 17.0 Å². The maximum Gasteiger partial charge on any atom is 0.127 e. The van der Waals surface area contributed by atoms with Gasteiger partial charge in [-0.3, -0.25) is 0 Å². The lowest BCUT2D eigenvalue weighted by Crippen LogP contribution is -2.31. The predicted molar refractivity (Wildman–Crippen MR) is 68.7 cm³/mol. The zero-order chi connectivity index (χ0) is 12.5. The number of nitrogens with one attached hydrogen (secondary N) is 1. The van der Waals surface area contributed by atoms with Crippen molar-refractivity contribution in [1.82, 2.24) is 4.98 Å². The van der Waals surface area contributed by atoms with Crippen LogP contribution in [0.1, 0.15) is 44.4 Å². The van der Waals surface area contributed by atoms with Gasteiger partial charge in [0.25, 0.3) is 0 Å². The second kappa shape index (κ2) is 4.37. The van der Waals surface area contributed by atoms with Gasteiger partial charge in [0, 0.05) is 11.7 Å². The Morgan fingerprint density at radius 3 is 2.82 bits per heavy atom. The summed E-state index contributed by atoms with van der Waals surface area (Å²) in [6, 6.07) is 6.28. The molecule has 3 heteroatoms. The maximum absolute atomic E-state index is 8.94. The Bertz CT molecular complexity index is 457. The Hall–Kier alpha value is -1.56. The zero-order valence-corrected chi connectivity index (χ0v) is 10.7. The molecule has 1 heterocycles. The summed E-state index contributed by atoms with van der Waals surface area (Å²) in [5, 5.41) is 12.4. The lowest BCUT2D eigenvalue weighted by molar-refractivity contribution is 0.349. The number of hydrogen-bond donors (Lipinski definition) is 1. The summed E-state index contributed by atoms with van der Waals surface area (Å²) in [7, 11) is 0. The normalized spacial score (nSPS) is 22.1.